The Morgan fingerprint density at radius 1 is 1.00 bits per heavy atom. The first kappa shape index (κ1) is 14.7. The molecule has 0 saturated carbocycles. The number of hydrogen-bond acceptors (Lipinski definition) is 4. The molecule has 0 aromatic heterocycles. The molecule has 4 nitrogen and oxygen atoms in total. The Labute approximate surface area is 120 Å². The SMILES string of the molecule is COc1cc(OC)c(C(O)C2=CCCCC2)c(OC)c1. The molecule has 4 heteroatoms. The zero-order chi connectivity index (χ0) is 14.5. The highest BCUT2D eigenvalue weighted by atomic mass is 16.5. The molecular weight excluding hydrogens is 256 g/mol. The van der Waals surface area contributed by atoms with E-state index in [2.05, 4.69) is 6.08 Å². The summed E-state index contributed by atoms with van der Waals surface area (Å²) in [5.41, 5.74) is 1.71. The Balaban J connectivity index is 2.45. The van der Waals surface area contributed by atoms with Crippen molar-refractivity contribution in [3.05, 3.63) is 29.3 Å². The van der Waals surface area contributed by atoms with Crippen LogP contribution in [0.4, 0.5) is 0 Å². The van der Waals surface area contributed by atoms with Gasteiger partial charge in [-0.05, 0) is 31.3 Å². The molecule has 20 heavy (non-hydrogen) atoms. The van der Waals surface area contributed by atoms with Gasteiger partial charge >= 0.3 is 0 Å². The predicted octanol–water partition coefficient (Wildman–Crippen LogP) is 3.25. The van der Waals surface area contributed by atoms with Gasteiger partial charge in [-0.15, -0.1) is 0 Å². The van der Waals surface area contributed by atoms with E-state index in [1.807, 2.05) is 0 Å². The number of benzene rings is 1. The molecule has 1 unspecified atom stereocenters. The predicted molar refractivity (Wildman–Crippen MR) is 77.6 cm³/mol. The average molecular weight is 278 g/mol. The second kappa shape index (κ2) is 6.66. The summed E-state index contributed by atoms with van der Waals surface area (Å²) in [6.07, 6.45) is 5.67. The first-order valence-corrected chi connectivity index (χ1v) is 6.88. The van der Waals surface area contributed by atoms with Gasteiger partial charge in [-0.1, -0.05) is 6.08 Å². The number of methoxy groups -OCH3 is 3. The van der Waals surface area contributed by atoms with Crippen LogP contribution in [0.1, 0.15) is 37.4 Å². The molecule has 110 valence electrons. The minimum Gasteiger partial charge on any atom is -0.496 e. The lowest BCUT2D eigenvalue weighted by Gasteiger charge is -2.23. The van der Waals surface area contributed by atoms with Crippen molar-refractivity contribution in [1.29, 1.82) is 0 Å². The summed E-state index contributed by atoms with van der Waals surface area (Å²) in [5, 5.41) is 10.7. The molecule has 0 saturated heterocycles. The Bertz CT molecular complexity index is 468. The van der Waals surface area contributed by atoms with E-state index in [1.54, 1.807) is 33.5 Å². The van der Waals surface area contributed by atoms with Crippen molar-refractivity contribution >= 4 is 0 Å². The van der Waals surface area contributed by atoms with Gasteiger partial charge in [0, 0.05) is 12.1 Å². The molecule has 2 rings (SSSR count). The molecule has 1 aliphatic carbocycles. The van der Waals surface area contributed by atoms with E-state index in [0.29, 0.717) is 22.8 Å². The summed E-state index contributed by atoms with van der Waals surface area (Å²) >= 11 is 0. The second-order valence-corrected chi connectivity index (χ2v) is 4.87. The molecular formula is C16H22O4. The Hall–Kier alpha value is -1.68. The summed E-state index contributed by atoms with van der Waals surface area (Å²) < 4.78 is 16.0. The van der Waals surface area contributed by atoms with E-state index >= 15 is 0 Å². The van der Waals surface area contributed by atoms with Crippen LogP contribution in [0.5, 0.6) is 17.2 Å². The van der Waals surface area contributed by atoms with Crippen LogP contribution in [-0.2, 0) is 0 Å². The summed E-state index contributed by atoms with van der Waals surface area (Å²) in [5.74, 6) is 1.81. The van der Waals surface area contributed by atoms with Gasteiger partial charge in [0.05, 0.1) is 26.9 Å². The lowest BCUT2D eigenvalue weighted by atomic mass is 9.91. The fourth-order valence-electron chi connectivity index (χ4n) is 2.60. The van der Waals surface area contributed by atoms with Crippen LogP contribution in [0.3, 0.4) is 0 Å². The highest BCUT2D eigenvalue weighted by Gasteiger charge is 2.24. The third-order valence-electron chi connectivity index (χ3n) is 3.70. The van der Waals surface area contributed by atoms with Crippen LogP contribution in [-0.4, -0.2) is 26.4 Å². The molecule has 1 atom stereocenters. The smallest absolute Gasteiger partial charge is 0.132 e. The van der Waals surface area contributed by atoms with E-state index < -0.39 is 6.10 Å². The summed E-state index contributed by atoms with van der Waals surface area (Å²) in [6, 6.07) is 3.54. The lowest BCUT2D eigenvalue weighted by molar-refractivity contribution is 0.197. The van der Waals surface area contributed by atoms with Crippen LogP contribution in [0, 0.1) is 0 Å². The first-order chi connectivity index (χ1) is 9.71. The third-order valence-corrected chi connectivity index (χ3v) is 3.70. The first-order valence-electron chi connectivity index (χ1n) is 6.88. The topological polar surface area (TPSA) is 47.9 Å². The molecule has 0 spiro atoms. The van der Waals surface area contributed by atoms with E-state index in [9.17, 15) is 5.11 Å². The van der Waals surface area contributed by atoms with Gasteiger partial charge < -0.3 is 19.3 Å². The van der Waals surface area contributed by atoms with Gasteiger partial charge in [-0.3, -0.25) is 0 Å². The largest absolute Gasteiger partial charge is 0.496 e. The zero-order valence-electron chi connectivity index (χ0n) is 12.3. The number of rotatable bonds is 5. The molecule has 1 aromatic carbocycles. The fraction of sp³-hybridized carbons (Fsp3) is 0.500. The van der Waals surface area contributed by atoms with Gasteiger partial charge in [0.15, 0.2) is 0 Å². The molecule has 1 aromatic rings. The number of aliphatic hydroxyl groups excluding tert-OH is 1. The van der Waals surface area contributed by atoms with E-state index in [-0.39, 0.29) is 0 Å². The van der Waals surface area contributed by atoms with Crippen molar-refractivity contribution in [2.75, 3.05) is 21.3 Å². The maximum atomic E-state index is 10.7. The number of allylic oxidation sites excluding steroid dienone is 1. The molecule has 0 amide bonds. The molecule has 0 heterocycles. The number of ether oxygens (including phenoxy) is 3. The van der Waals surface area contributed by atoms with Gasteiger partial charge in [-0.25, -0.2) is 0 Å². The Kier molecular flexibility index (Phi) is 4.90. The monoisotopic (exact) mass is 278 g/mol. The molecule has 1 N–H and O–H groups in total. The van der Waals surface area contributed by atoms with Crippen molar-refractivity contribution in [3.63, 3.8) is 0 Å². The summed E-state index contributed by atoms with van der Waals surface area (Å²) in [4.78, 5) is 0. The van der Waals surface area contributed by atoms with Gasteiger partial charge in [0.2, 0.25) is 0 Å². The average Bonchev–Trinajstić information content (AvgIpc) is 2.53. The third kappa shape index (κ3) is 2.90. The minimum atomic E-state index is -0.689. The molecule has 0 bridgehead atoms. The normalized spacial score (nSPS) is 16.3. The van der Waals surface area contributed by atoms with Gasteiger partial charge in [0.1, 0.15) is 23.4 Å². The molecule has 0 radical (unpaired) electrons. The molecule has 1 aliphatic rings. The molecule has 0 aliphatic heterocycles. The van der Waals surface area contributed by atoms with E-state index in [4.69, 9.17) is 14.2 Å². The van der Waals surface area contributed by atoms with Gasteiger partial charge in [-0.2, -0.15) is 0 Å². The number of hydrogen-bond donors (Lipinski definition) is 1. The van der Waals surface area contributed by atoms with E-state index in [0.717, 1.165) is 24.8 Å². The standard InChI is InChI=1S/C16H22O4/c1-18-12-9-13(19-2)15(14(10-12)20-3)16(17)11-7-5-4-6-8-11/h7,9-10,16-17H,4-6,8H2,1-3H3. The summed E-state index contributed by atoms with van der Waals surface area (Å²) in [6.45, 7) is 0. The van der Waals surface area contributed by atoms with Gasteiger partial charge in [0.25, 0.3) is 0 Å². The minimum absolute atomic E-state index is 0.583. The lowest BCUT2D eigenvalue weighted by Crippen LogP contribution is -2.08. The van der Waals surface area contributed by atoms with Crippen LogP contribution in [0.2, 0.25) is 0 Å². The Morgan fingerprint density at radius 2 is 1.65 bits per heavy atom. The maximum absolute atomic E-state index is 10.7. The van der Waals surface area contributed by atoms with Crippen LogP contribution in [0.15, 0.2) is 23.8 Å². The van der Waals surface area contributed by atoms with Crippen LogP contribution in [0.25, 0.3) is 0 Å². The maximum Gasteiger partial charge on any atom is 0.132 e. The highest BCUT2D eigenvalue weighted by Crippen LogP contribution is 2.42. The second-order valence-electron chi connectivity index (χ2n) is 4.87. The quantitative estimate of drug-likeness (QED) is 0.840. The van der Waals surface area contributed by atoms with Crippen molar-refractivity contribution in [2.24, 2.45) is 0 Å². The van der Waals surface area contributed by atoms with E-state index in [1.165, 1.54) is 6.42 Å². The van der Waals surface area contributed by atoms with Crippen molar-refractivity contribution in [1.82, 2.24) is 0 Å². The fourth-order valence-corrected chi connectivity index (χ4v) is 2.60. The number of aliphatic hydroxyl groups is 1. The van der Waals surface area contributed by atoms with Crippen molar-refractivity contribution in [2.45, 2.75) is 31.8 Å². The molecule has 0 fully saturated rings. The van der Waals surface area contributed by atoms with Crippen molar-refractivity contribution in [3.8, 4) is 17.2 Å². The van der Waals surface area contributed by atoms with Crippen molar-refractivity contribution < 1.29 is 19.3 Å². The zero-order valence-corrected chi connectivity index (χ0v) is 12.3. The van der Waals surface area contributed by atoms with Crippen LogP contribution < -0.4 is 14.2 Å². The Morgan fingerprint density at radius 3 is 2.10 bits per heavy atom. The summed E-state index contributed by atoms with van der Waals surface area (Å²) in [7, 11) is 4.76. The highest BCUT2D eigenvalue weighted by molar-refractivity contribution is 5.53. The van der Waals surface area contributed by atoms with Crippen LogP contribution >= 0.6 is 0 Å².